The van der Waals surface area contributed by atoms with Crippen LogP contribution < -0.4 is 5.73 Å². The SMILES string of the molecule is COC(=O)c1cccc(C(SCCN)c2ccccc2)c1. The second kappa shape index (κ2) is 7.86. The van der Waals surface area contributed by atoms with E-state index < -0.39 is 0 Å². The van der Waals surface area contributed by atoms with Gasteiger partial charge in [0.25, 0.3) is 0 Å². The number of carbonyl (C=O) groups excluding carboxylic acids is 1. The number of hydrogen-bond acceptors (Lipinski definition) is 4. The first-order chi connectivity index (χ1) is 10.3. The van der Waals surface area contributed by atoms with Crippen LogP contribution in [0.2, 0.25) is 0 Å². The maximum atomic E-state index is 11.7. The molecule has 1 atom stereocenters. The van der Waals surface area contributed by atoms with Gasteiger partial charge in [-0.1, -0.05) is 42.5 Å². The van der Waals surface area contributed by atoms with E-state index in [0.717, 1.165) is 11.3 Å². The van der Waals surface area contributed by atoms with Crippen molar-refractivity contribution >= 4 is 17.7 Å². The second-order valence-electron chi connectivity index (χ2n) is 4.57. The first kappa shape index (κ1) is 15.6. The molecule has 0 radical (unpaired) electrons. The molecule has 0 aliphatic heterocycles. The van der Waals surface area contributed by atoms with Crippen LogP contribution in [0.4, 0.5) is 0 Å². The molecule has 4 heteroatoms. The van der Waals surface area contributed by atoms with Crippen LogP contribution in [0.15, 0.2) is 54.6 Å². The molecule has 0 amide bonds. The smallest absolute Gasteiger partial charge is 0.337 e. The quantitative estimate of drug-likeness (QED) is 0.832. The summed E-state index contributed by atoms with van der Waals surface area (Å²) in [6, 6.07) is 17.8. The minimum atomic E-state index is -0.313. The molecule has 2 aromatic carbocycles. The van der Waals surface area contributed by atoms with Gasteiger partial charge in [-0.3, -0.25) is 0 Å². The van der Waals surface area contributed by atoms with Gasteiger partial charge < -0.3 is 10.5 Å². The summed E-state index contributed by atoms with van der Waals surface area (Å²) in [5, 5.41) is 0.166. The summed E-state index contributed by atoms with van der Waals surface area (Å²) < 4.78 is 4.79. The lowest BCUT2D eigenvalue weighted by Gasteiger charge is -2.18. The third-order valence-corrected chi connectivity index (χ3v) is 4.46. The van der Waals surface area contributed by atoms with Crippen LogP contribution in [-0.4, -0.2) is 25.4 Å². The third-order valence-electron chi connectivity index (χ3n) is 3.12. The van der Waals surface area contributed by atoms with Crippen molar-refractivity contribution < 1.29 is 9.53 Å². The lowest BCUT2D eigenvalue weighted by molar-refractivity contribution is 0.0600. The molecule has 0 saturated heterocycles. The number of thioether (sulfide) groups is 1. The summed E-state index contributed by atoms with van der Waals surface area (Å²) in [4.78, 5) is 11.7. The first-order valence-electron chi connectivity index (χ1n) is 6.81. The minimum Gasteiger partial charge on any atom is -0.465 e. The number of benzene rings is 2. The van der Waals surface area contributed by atoms with E-state index >= 15 is 0 Å². The molecule has 0 bridgehead atoms. The molecule has 3 nitrogen and oxygen atoms in total. The maximum Gasteiger partial charge on any atom is 0.337 e. The third kappa shape index (κ3) is 4.09. The molecule has 0 saturated carbocycles. The summed E-state index contributed by atoms with van der Waals surface area (Å²) in [6.45, 7) is 0.630. The van der Waals surface area contributed by atoms with Crippen LogP contribution in [0.5, 0.6) is 0 Å². The van der Waals surface area contributed by atoms with Gasteiger partial charge in [0.15, 0.2) is 0 Å². The van der Waals surface area contributed by atoms with Gasteiger partial charge >= 0.3 is 5.97 Å². The predicted molar refractivity (Wildman–Crippen MR) is 87.6 cm³/mol. The molecule has 0 aromatic heterocycles. The molecule has 2 aromatic rings. The van der Waals surface area contributed by atoms with Crippen molar-refractivity contribution in [3.8, 4) is 0 Å². The molecule has 21 heavy (non-hydrogen) atoms. The molecule has 0 aliphatic carbocycles. The van der Waals surface area contributed by atoms with E-state index in [2.05, 4.69) is 12.1 Å². The zero-order valence-corrected chi connectivity index (χ0v) is 12.8. The van der Waals surface area contributed by atoms with Crippen LogP contribution >= 0.6 is 11.8 Å². The average Bonchev–Trinajstić information content (AvgIpc) is 2.56. The Labute approximate surface area is 129 Å². The Hall–Kier alpha value is -1.78. The maximum absolute atomic E-state index is 11.7. The Morgan fingerprint density at radius 2 is 1.86 bits per heavy atom. The zero-order chi connectivity index (χ0) is 15.1. The van der Waals surface area contributed by atoms with Gasteiger partial charge in [0.1, 0.15) is 0 Å². The molecule has 1 unspecified atom stereocenters. The second-order valence-corrected chi connectivity index (χ2v) is 5.78. The molecule has 0 spiro atoms. The Morgan fingerprint density at radius 3 is 2.52 bits per heavy atom. The van der Waals surface area contributed by atoms with Crippen molar-refractivity contribution in [2.24, 2.45) is 5.73 Å². The normalized spacial score (nSPS) is 11.9. The molecular formula is C17H19NO2S. The topological polar surface area (TPSA) is 52.3 Å². The van der Waals surface area contributed by atoms with E-state index in [-0.39, 0.29) is 11.2 Å². The molecule has 2 rings (SSSR count). The number of nitrogens with two attached hydrogens (primary N) is 1. The minimum absolute atomic E-state index is 0.166. The van der Waals surface area contributed by atoms with E-state index in [9.17, 15) is 4.79 Å². The van der Waals surface area contributed by atoms with E-state index in [1.54, 1.807) is 17.8 Å². The number of hydrogen-bond donors (Lipinski definition) is 1. The van der Waals surface area contributed by atoms with Crippen molar-refractivity contribution in [1.82, 2.24) is 0 Å². The van der Waals surface area contributed by atoms with Gasteiger partial charge in [-0.2, -0.15) is 0 Å². The van der Waals surface area contributed by atoms with Gasteiger partial charge in [0.05, 0.1) is 17.9 Å². The number of rotatable bonds is 6. The number of carbonyl (C=O) groups is 1. The van der Waals surface area contributed by atoms with Crippen molar-refractivity contribution in [3.05, 3.63) is 71.3 Å². The van der Waals surface area contributed by atoms with Gasteiger partial charge in [-0.05, 0) is 23.3 Å². The van der Waals surface area contributed by atoms with Crippen LogP contribution in [0.1, 0.15) is 26.7 Å². The van der Waals surface area contributed by atoms with Gasteiger partial charge in [-0.15, -0.1) is 11.8 Å². The average molecular weight is 301 g/mol. The zero-order valence-electron chi connectivity index (χ0n) is 12.0. The van der Waals surface area contributed by atoms with E-state index in [1.807, 2.05) is 36.4 Å². The van der Waals surface area contributed by atoms with Gasteiger partial charge in [-0.25, -0.2) is 4.79 Å². The van der Waals surface area contributed by atoms with E-state index in [0.29, 0.717) is 12.1 Å². The van der Waals surface area contributed by atoms with Crippen LogP contribution in [0.3, 0.4) is 0 Å². The summed E-state index contributed by atoms with van der Waals surface area (Å²) in [7, 11) is 1.40. The van der Waals surface area contributed by atoms with Crippen LogP contribution in [0, 0.1) is 0 Å². The summed E-state index contributed by atoms with van der Waals surface area (Å²) in [5.41, 5.74) is 8.50. The fraction of sp³-hybridized carbons (Fsp3) is 0.235. The molecular weight excluding hydrogens is 282 g/mol. The fourth-order valence-electron chi connectivity index (χ4n) is 2.15. The lowest BCUT2D eigenvalue weighted by atomic mass is 10.0. The Balaban J connectivity index is 2.34. The highest BCUT2D eigenvalue weighted by molar-refractivity contribution is 7.99. The van der Waals surface area contributed by atoms with Crippen molar-refractivity contribution in [2.45, 2.75) is 5.25 Å². The number of esters is 1. The van der Waals surface area contributed by atoms with E-state index in [1.165, 1.54) is 12.7 Å². The summed E-state index contributed by atoms with van der Waals surface area (Å²) in [5.74, 6) is 0.551. The van der Waals surface area contributed by atoms with E-state index in [4.69, 9.17) is 10.5 Å². The highest BCUT2D eigenvalue weighted by atomic mass is 32.2. The predicted octanol–water partition coefficient (Wildman–Crippen LogP) is 3.25. The van der Waals surface area contributed by atoms with Gasteiger partial charge in [0.2, 0.25) is 0 Å². The van der Waals surface area contributed by atoms with Crippen molar-refractivity contribution in [2.75, 3.05) is 19.4 Å². The fourth-order valence-corrected chi connectivity index (χ4v) is 3.21. The summed E-state index contributed by atoms with van der Waals surface area (Å²) in [6.07, 6.45) is 0. The molecule has 2 N–H and O–H groups in total. The molecule has 0 heterocycles. The van der Waals surface area contributed by atoms with Crippen LogP contribution in [0.25, 0.3) is 0 Å². The number of methoxy groups -OCH3 is 1. The monoisotopic (exact) mass is 301 g/mol. The van der Waals surface area contributed by atoms with Crippen molar-refractivity contribution in [3.63, 3.8) is 0 Å². The number of ether oxygens (including phenoxy) is 1. The lowest BCUT2D eigenvalue weighted by Crippen LogP contribution is -2.07. The molecule has 0 fully saturated rings. The Morgan fingerprint density at radius 1 is 1.14 bits per heavy atom. The summed E-state index contributed by atoms with van der Waals surface area (Å²) >= 11 is 1.78. The van der Waals surface area contributed by atoms with Gasteiger partial charge in [0, 0.05) is 12.3 Å². The van der Waals surface area contributed by atoms with Crippen LogP contribution in [-0.2, 0) is 4.74 Å². The molecule has 0 aliphatic rings. The largest absolute Gasteiger partial charge is 0.465 e. The highest BCUT2D eigenvalue weighted by Gasteiger charge is 2.16. The highest BCUT2D eigenvalue weighted by Crippen LogP contribution is 2.35. The Kier molecular flexibility index (Phi) is 5.84. The Bertz CT molecular complexity index is 586. The molecule has 110 valence electrons. The first-order valence-corrected chi connectivity index (χ1v) is 7.86. The van der Waals surface area contributed by atoms with Crippen molar-refractivity contribution in [1.29, 1.82) is 0 Å². The standard InChI is InChI=1S/C17H19NO2S/c1-20-17(19)15-9-5-8-14(12-15)16(21-11-10-18)13-6-3-2-4-7-13/h2-9,12,16H,10-11,18H2,1H3.